The second-order valence-electron chi connectivity index (χ2n) is 5.88. The molecule has 2 saturated carbocycles. The number of carbonyl (C=O) groups is 1. The average molecular weight is 237 g/mol. The summed E-state index contributed by atoms with van der Waals surface area (Å²) in [7, 11) is 0. The monoisotopic (exact) mass is 237 g/mol. The third-order valence-corrected chi connectivity index (χ3v) is 4.85. The van der Waals surface area contributed by atoms with Crippen molar-refractivity contribution >= 4 is 5.91 Å². The number of hydrogen-bond donors (Lipinski definition) is 0. The third kappa shape index (κ3) is 2.10. The van der Waals surface area contributed by atoms with Gasteiger partial charge in [-0.25, -0.2) is 0 Å². The van der Waals surface area contributed by atoms with Gasteiger partial charge < -0.3 is 9.64 Å². The number of amides is 1. The number of hydrogen-bond acceptors (Lipinski definition) is 2. The summed E-state index contributed by atoms with van der Waals surface area (Å²) in [6.45, 7) is 5.56. The van der Waals surface area contributed by atoms with Gasteiger partial charge in [0, 0.05) is 31.5 Å². The van der Waals surface area contributed by atoms with E-state index >= 15 is 0 Å². The van der Waals surface area contributed by atoms with Crippen molar-refractivity contribution in [3.63, 3.8) is 0 Å². The van der Waals surface area contributed by atoms with E-state index in [0.29, 0.717) is 17.7 Å². The highest BCUT2D eigenvalue weighted by Crippen LogP contribution is 2.58. The second kappa shape index (κ2) is 4.60. The molecule has 1 amide bonds. The van der Waals surface area contributed by atoms with Crippen LogP contribution >= 0.6 is 0 Å². The molecule has 1 saturated heterocycles. The highest BCUT2D eigenvalue weighted by Gasteiger charge is 2.57. The normalized spacial score (nSPS) is 39.5. The van der Waals surface area contributed by atoms with Crippen LogP contribution in [0.2, 0.25) is 0 Å². The fourth-order valence-electron chi connectivity index (χ4n) is 3.85. The van der Waals surface area contributed by atoms with Gasteiger partial charge in [-0.05, 0) is 38.0 Å². The third-order valence-electron chi connectivity index (χ3n) is 4.85. The summed E-state index contributed by atoms with van der Waals surface area (Å²) >= 11 is 0. The Hall–Kier alpha value is -0.570. The number of likely N-dealkylation sites (tertiary alicyclic amines) is 1. The Balaban J connectivity index is 1.48. The highest BCUT2D eigenvalue weighted by atomic mass is 16.5. The maximum atomic E-state index is 12.3. The molecule has 1 heterocycles. The number of ether oxygens (including phenoxy) is 1. The fraction of sp³-hybridized carbons (Fsp3) is 0.929. The van der Waals surface area contributed by atoms with Crippen LogP contribution in [0.3, 0.4) is 0 Å². The predicted octanol–water partition coefficient (Wildman–Crippen LogP) is 1.92. The first kappa shape index (κ1) is 11.5. The fourth-order valence-corrected chi connectivity index (χ4v) is 3.85. The first-order valence-corrected chi connectivity index (χ1v) is 7.17. The summed E-state index contributed by atoms with van der Waals surface area (Å²) in [5.74, 6) is 2.97. The van der Waals surface area contributed by atoms with Crippen molar-refractivity contribution in [1.82, 2.24) is 4.90 Å². The van der Waals surface area contributed by atoms with Crippen LogP contribution in [0, 0.1) is 23.7 Å². The number of nitrogens with zero attached hydrogens (tertiary/aromatic N) is 1. The van der Waals surface area contributed by atoms with Crippen LogP contribution in [0.1, 0.15) is 32.6 Å². The molecule has 0 bridgehead atoms. The summed E-state index contributed by atoms with van der Waals surface area (Å²) in [6, 6.07) is 0. The van der Waals surface area contributed by atoms with Gasteiger partial charge in [0.05, 0.1) is 6.61 Å². The SMILES string of the molecule is CCOC[C@@H]1CCN(C(=O)C2[C@H]3CCC[C@H]23)C1. The quantitative estimate of drug-likeness (QED) is 0.747. The van der Waals surface area contributed by atoms with Crippen molar-refractivity contribution in [3.8, 4) is 0 Å². The van der Waals surface area contributed by atoms with Crippen molar-refractivity contribution < 1.29 is 9.53 Å². The molecule has 0 spiro atoms. The van der Waals surface area contributed by atoms with E-state index < -0.39 is 0 Å². The van der Waals surface area contributed by atoms with Crippen molar-refractivity contribution in [2.45, 2.75) is 32.6 Å². The topological polar surface area (TPSA) is 29.5 Å². The minimum atomic E-state index is 0.412. The Morgan fingerprint density at radius 1 is 1.29 bits per heavy atom. The summed E-state index contributed by atoms with van der Waals surface area (Å²) in [4.78, 5) is 14.4. The van der Waals surface area contributed by atoms with Gasteiger partial charge in [-0.2, -0.15) is 0 Å². The molecule has 0 aromatic heterocycles. The van der Waals surface area contributed by atoms with Crippen LogP contribution in [0.5, 0.6) is 0 Å². The lowest BCUT2D eigenvalue weighted by Gasteiger charge is -2.17. The van der Waals surface area contributed by atoms with E-state index in [0.717, 1.165) is 44.6 Å². The van der Waals surface area contributed by atoms with Crippen molar-refractivity contribution in [2.75, 3.05) is 26.3 Å². The zero-order valence-corrected chi connectivity index (χ0v) is 10.7. The van der Waals surface area contributed by atoms with E-state index in [9.17, 15) is 4.79 Å². The van der Waals surface area contributed by atoms with E-state index in [1.807, 2.05) is 6.92 Å². The Bertz CT molecular complexity index is 295. The molecule has 1 aliphatic heterocycles. The van der Waals surface area contributed by atoms with E-state index in [2.05, 4.69) is 4.90 Å². The first-order chi connectivity index (χ1) is 8.31. The molecule has 3 heteroatoms. The van der Waals surface area contributed by atoms with Crippen molar-refractivity contribution in [2.24, 2.45) is 23.7 Å². The largest absolute Gasteiger partial charge is 0.381 e. The molecular weight excluding hydrogens is 214 g/mol. The second-order valence-corrected chi connectivity index (χ2v) is 5.88. The lowest BCUT2D eigenvalue weighted by atomic mass is 10.1. The maximum Gasteiger partial charge on any atom is 0.226 e. The standard InChI is InChI=1S/C14H23NO2/c1-2-17-9-10-6-7-15(8-10)14(16)13-11-4-3-5-12(11)13/h10-13H,2-9H2,1H3/t10-,11+,12+/m1/s1. The molecule has 0 N–H and O–H groups in total. The van der Waals surface area contributed by atoms with Gasteiger partial charge in [-0.15, -0.1) is 0 Å². The molecule has 3 aliphatic rings. The number of carbonyl (C=O) groups excluding carboxylic acids is 1. The van der Waals surface area contributed by atoms with E-state index in [1.54, 1.807) is 0 Å². The van der Waals surface area contributed by atoms with Crippen molar-refractivity contribution in [1.29, 1.82) is 0 Å². The van der Waals surface area contributed by atoms with Crippen LogP contribution in [-0.4, -0.2) is 37.1 Å². The van der Waals surface area contributed by atoms with Crippen LogP contribution in [0.15, 0.2) is 0 Å². The van der Waals surface area contributed by atoms with E-state index in [4.69, 9.17) is 4.74 Å². The molecule has 3 fully saturated rings. The van der Waals surface area contributed by atoms with Crippen LogP contribution in [0.4, 0.5) is 0 Å². The molecule has 3 nitrogen and oxygen atoms in total. The van der Waals surface area contributed by atoms with Gasteiger partial charge in [-0.1, -0.05) is 6.42 Å². The molecule has 3 atom stereocenters. The van der Waals surface area contributed by atoms with Crippen LogP contribution < -0.4 is 0 Å². The minimum Gasteiger partial charge on any atom is -0.381 e. The molecule has 96 valence electrons. The van der Waals surface area contributed by atoms with Crippen molar-refractivity contribution in [3.05, 3.63) is 0 Å². The molecule has 0 radical (unpaired) electrons. The lowest BCUT2D eigenvalue weighted by Crippen LogP contribution is -2.31. The maximum absolute atomic E-state index is 12.3. The number of fused-ring (bicyclic) bond motifs is 1. The predicted molar refractivity (Wildman–Crippen MR) is 65.5 cm³/mol. The Morgan fingerprint density at radius 3 is 2.76 bits per heavy atom. The van der Waals surface area contributed by atoms with Crippen LogP contribution in [-0.2, 0) is 9.53 Å². The molecule has 0 unspecified atom stereocenters. The van der Waals surface area contributed by atoms with Gasteiger partial charge in [-0.3, -0.25) is 4.79 Å². The lowest BCUT2D eigenvalue weighted by molar-refractivity contribution is -0.132. The molecule has 3 rings (SSSR count). The van der Waals surface area contributed by atoms with Gasteiger partial charge in [0.1, 0.15) is 0 Å². The molecule has 0 aromatic carbocycles. The van der Waals surface area contributed by atoms with E-state index in [-0.39, 0.29) is 0 Å². The van der Waals surface area contributed by atoms with E-state index in [1.165, 1.54) is 19.3 Å². The minimum absolute atomic E-state index is 0.412. The molecule has 17 heavy (non-hydrogen) atoms. The first-order valence-electron chi connectivity index (χ1n) is 7.17. The Morgan fingerprint density at radius 2 is 2.06 bits per heavy atom. The summed E-state index contributed by atoms with van der Waals surface area (Å²) < 4.78 is 5.46. The molecule has 2 aliphatic carbocycles. The van der Waals surface area contributed by atoms with Gasteiger partial charge >= 0.3 is 0 Å². The zero-order chi connectivity index (χ0) is 11.8. The molecular formula is C14H23NO2. The number of rotatable bonds is 4. The van der Waals surface area contributed by atoms with Gasteiger partial charge in [0.2, 0.25) is 5.91 Å². The smallest absolute Gasteiger partial charge is 0.226 e. The molecule has 0 aromatic rings. The van der Waals surface area contributed by atoms with Gasteiger partial charge in [0.15, 0.2) is 0 Å². The van der Waals surface area contributed by atoms with Crippen LogP contribution in [0.25, 0.3) is 0 Å². The Labute approximate surface area is 104 Å². The highest BCUT2D eigenvalue weighted by molar-refractivity contribution is 5.82. The zero-order valence-electron chi connectivity index (χ0n) is 10.7. The average Bonchev–Trinajstić information content (AvgIpc) is 2.77. The van der Waals surface area contributed by atoms with Gasteiger partial charge in [0.25, 0.3) is 0 Å². The summed E-state index contributed by atoms with van der Waals surface area (Å²) in [5.41, 5.74) is 0. The summed E-state index contributed by atoms with van der Waals surface area (Å²) in [6.07, 6.45) is 5.09. The summed E-state index contributed by atoms with van der Waals surface area (Å²) in [5, 5.41) is 0. The Kier molecular flexibility index (Phi) is 3.12.